The van der Waals surface area contributed by atoms with E-state index in [0.717, 1.165) is 36.7 Å². The average molecular weight is 407 g/mol. The van der Waals surface area contributed by atoms with E-state index in [0.29, 0.717) is 11.8 Å². The molecule has 3 aromatic rings. The summed E-state index contributed by atoms with van der Waals surface area (Å²) in [4.78, 5) is 7.00. The number of rotatable bonds is 9. The Bertz CT molecular complexity index is 904. The highest BCUT2D eigenvalue weighted by Crippen LogP contribution is 2.23. The molecule has 0 amide bonds. The number of piperidine rings is 1. The van der Waals surface area contributed by atoms with Crippen LogP contribution in [0.4, 0.5) is 6.01 Å². The van der Waals surface area contributed by atoms with Gasteiger partial charge in [-0.2, -0.15) is 4.98 Å². The molecule has 1 N–H and O–H groups in total. The first-order valence-corrected chi connectivity index (χ1v) is 10.8. The summed E-state index contributed by atoms with van der Waals surface area (Å²) in [5, 5.41) is 7.30. The van der Waals surface area contributed by atoms with E-state index in [-0.39, 0.29) is 0 Å². The van der Waals surface area contributed by atoms with Crippen LogP contribution in [0.5, 0.6) is 5.75 Å². The predicted molar refractivity (Wildman–Crippen MR) is 119 cm³/mol. The Morgan fingerprint density at radius 2 is 1.93 bits per heavy atom. The number of aromatic nitrogens is 2. The van der Waals surface area contributed by atoms with Crippen molar-refractivity contribution < 1.29 is 9.26 Å². The van der Waals surface area contributed by atoms with Crippen LogP contribution in [0.2, 0.25) is 0 Å². The monoisotopic (exact) mass is 406 g/mol. The first-order valence-electron chi connectivity index (χ1n) is 10.8. The van der Waals surface area contributed by atoms with Crippen LogP contribution in [-0.4, -0.2) is 48.3 Å². The van der Waals surface area contributed by atoms with Crippen LogP contribution >= 0.6 is 0 Å². The summed E-state index contributed by atoms with van der Waals surface area (Å²) in [5.41, 5.74) is 2.34. The molecular weight excluding hydrogens is 376 g/mol. The number of ether oxygens (including phenoxy) is 1. The van der Waals surface area contributed by atoms with E-state index in [1.165, 1.54) is 37.9 Å². The minimum Gasteiger partial charge on any atom is -0.497 e. The summed E-state index contributed by atoms with van der Waals surface area (Å²) in [7, 11) is 1.65. The van der Waals surface area contributed by atoms with Gasteiger partial charge in [0.25, 0.3) is 0 Å². The summed E-state index contributed by atoms with van der Waals surface area (Å²) >= 11 is 0. The molecule has 1 fully saturated rings. The standard InChI is InChI=1S/C24H30N4O2/c1-29-22-10-5-9-21(18-22)23-26-24(30-27-23)25-13-6-14-28-15-11-20(12-16-28)17-19-7-3-2-4-8-19/h2-5,7-10,18,20H,6,11-17H2,1H3,(H,25,26,27). The van der Waals surface area contributed by atoms with E-state index in [9.17, 15) is 0 Å². The van der Waals surface area contributed by atoms with Crippen molar-refractivity contribution in [2.45, 2.75) is 25.7 Å². The van der Waals surface area contributed by atoms with Gasteiger partial charge in [-0.1, -0.05) is 47.6 Å². The van der Waals surface area contributed by atoms with Crippen LogP contribution in [-0.2, 0) is 6.42 Å². The number of hydrogen-bond acceptors (Lipinski definition) is 6. The molecule has 0 bridgehead atoms. The zero-order chi connectivity index (χ0) is 20.6. The molecular formula is C24H30N4O2. The lowest BCUT2D eigenvalue weighted by Crippen LogP contribution is -2.35. The van der Waals surface area contributed by atoms with Crippen molar-refractivity contribution in [1.29, 1.82) is 0 Å². The highest BCUT2D eigenvalue weighted by molar-refractivity contribution is 5.57. The highest BCUT2D eigenvalue weighted by atomic mass is 16.5. The molecule has 0 unspecified atom stereocenters. The highest BCUT2D eigenvalue weighted by Gasteiger charge is 2.19. The quantitative estimate of drug-likeness (QED) is 0.528. The molecule has 0 spiro atoms. The molecule has 0 aliphatic carbocycles. The van der Waals surface area contributed by atoms with Gasteiger partial charge >= 0.3 is 6.01 Å². The largest absolute Gasteiger partial charge is 0.497 e. The number of nitrogens with one attached hydrogen (secondary N) is 1. The van der Waals surface area contributed by atoms with Gasteiger partial charge in [0.1, 0.15) is 5.75 Å². The summed E-state index contributed by atoms with van der Waals surface area (Å²) < 4.78 is 10.6. The molecule has 6 heteroatoms. The van der Waals surface area contributed by atoms with Crippen LogP contribution in [0.1, 0.15) is 24.8 Å². The molecule has 2 heterocycles. The zero-order valence-electron chi connectivity index (χ0n) is 17.6. The van der Waals surface area contributed by atoms with Crippen molar-refractivity contribution in [3.05, 3.63) is 60.2 Å². The maximum absolute atomic E-state index is 5.33. The van der Waals surface area contributed by atoms with Crippen LogP contribution in [0, 0.1) is 5.92 Å². The van der Waals surface area contributed by atoms with Gasteiger partial charge < -0.3 is 19.5 Å². The number of nitrogens with zero attached hydrogens (tertiary/aromatic N) is 3. The lowest BCUT2D eigenvalue weighted by molar-refractivity contribution is 0.183. The number of likely N-dealkylation sites (tertiary alicyclic amines) is 1. The van der Waals surface area contributed by atoms with E-state index < -0.39 is 0 Å². The maximum atomic E-state index is 5.33. The van der Waals surface area contributed by atoms with E-state index >= 15 is 0 Å². The molecule has 158 valence electrons. The predicted octanol–water partition coefficient (Wildman–Crippen LogP) is 4.50. The van der Waals surface area contributed by atoms with Crippen LogP contribution in [0.15, 0.2) is 59.1 Å². The third kappa shape index (κ3) is 5.60. The molecule has 1 aliphatic rings. The van der Waals surface area contributed by atoms with Gasteiger partial charge in [0.2, 0.25) is 5.82 Å². The first kappa shape index (κ1) is 20.4. The fourth-order valence-electron chi connectivity index (χ4n) is 4.03. The summed E-state index contributed by atoms with van der Waals surface area (Å²) in [6.07, 6.45) is 4.84. The molecule has 6 nitrogen and oxygen atoms in total. The molecule has 0 atom stereocenters. The van der Waals surface area contributed by atoms with Crippen molar-refractivity contribution in [3.8, 4) is 17.1 Å². The van der Waals surface area contributed by atoms with Crippen molar-refractivity contribution in [2.24, 2.45) is 5.92 Å². The molecule has 0 radical (unpaired) electrons. The summed E-state index contributed by atoms with van der Waals surface area (Å²) in [6.45, 7) is 4.31. The smallest absolute Gasteiger partial charge is 0.321 e. The lowest BCUT2D eigenvalue weighted by atomic mass is 9.90. The van der Waals surface area contributed by atoms with Gasteiger partial charge in [0.05, 0.1) is 7.11 Å². The molecule has 1 aliphatic heterocycles. The molecule has 0 saturated carbocycles. The molecule has 1 saturated heterocycles. The van der Waals surface area contributed by atoms with Gasteiger partial charge in [0.15, 0.2) is 0 Å². The Morgan fingerprint density at radius 1 is 1.10 bits per heavy atom. The number of hydrogen-bond donors (Lipinski definition) is 1. The Kier molecular flexibility index (Phi) is 6.98. The van der Waals surface area contributed by atoms with Crippen molar-refractivity contribution >= 4 is 6.01 Å². The van der Waals surface area contributed by atoms with Crippen LogP contribution < -0.4 is 10.1 Å². The SMILES string of the molecule is COc1cccc(-c2noc(NCCCN3CCC(Cc4ccccc4)CC3)n2)c1. The third-order valence-corrected chi connectivity index (χ3v) is 5.76. The third-order valence-electron chi connectivity index (χ3n) is 5.76. The Labute approximate surface area is 178 Å². The second-order valence-corrected chi connectivity index (χ2v) is 7.91. The van der Waals surface area contributed by atoms with Gasteiger partial charge in [0, 0.05) is 12.1 Å². The zero-order valence-corrected chi connectivity index (χ0v) is 17.6. The lowest BCUT2D eigenvalue weighted by Gasteiger charge is -2.32. The minimum absolute atomic E-state index is 0.467. The molecule has 4 rings (SSSR count). The van der Waals surface area contributed by atoms with Crippen LogP contribution in [0.25, 0.3) is 11.4 Å². The van der Waals surface area contributed by atoms with Crippen LogP contribution in [0.3, 0.4) is 0 Å². The Balaban J connectivity index is 1.15. The topological polar surface area (TPSA) is 63.4 Å². The first-order chi connectivity index (χ1) is 14.8. The van der Waals surface area contributed by atoms with E-state index in [1.54, 1.807) is 7.11 Å². The number of anilines is 1. The summed E-state index contributed by atoms with van der Waals surface area (Å²) in [6, 6.07) is 19.0. The molecule has 30 heavy (non-hydrogen) atoms. The Hall–Kier alpha value is -2.86. The molecule has 2 aromatic carbocycles. The second-order valence-electron chi connectivity index (χ2n) is 7.91. The van der Waals surface area contributed by atoms with E-state index in [4.69, 9.17) is 9.26 Å². The van der Waals surface area contributed by atoms with E-state index in [2.05, 4.69) is 50.7 Å². The minimum atomic E-state index is 0.467. The van der Waals surface area contributed by atoms with Gasteiger partial charge in [-0.15, -0.1) is 0 Å². The Morgan fingerprint density at radius 3 is 2.73 bits per heavy atom. The number of benzene rings is 2. The summed E-state index contributed by atoms with van der Waals surface area (Å²) in [5.74, 6) is 2.16. The maximum Gasteiger partial charge on any atom is 0.321 e. The average Bonchev–Trinajstić information content (AvgIpc) is 3.28. The molecule has 1 aromatic heterocycles. The van der Waals surface area contributed by atoms with Gasteiger partial charge in [-0.05, 0) is 68.9 Å². The van der Waals surface area contributed by atoms with Gasteiger partial charge in [-0.3, -0.25) is 0 Å². The second kappa shape index (κ2) is 10.3. The number of methoxy groups -OCH3 is 1. The fourth-order valence-corrected chi connectivity index (χ4v) is 4.03. The van der Waals surface area contributed by atoms with Crippen molar-refractivity contribution in [2.75, 3.05) is 38.6 Å². The normalized spacial score (nSPS) is 15.2. The van der Waals surface area contributed by atoms with Gasteiger partial charge in [-0.25, -0.2) is 0 Å². The fraction of sp³-hybridized carbons (Fsp3) is 0.417. The van der Waals surface area contributed by atoms with E-state index in [1.807, 2.05) is 24.3 Å². The van der Waals surface area contributed by atoms with Crippen molar-refractivity contribution in [3.63, 3.8) is 0 Å². The van der Waals surface area contributed by atoms with Crippen molar-refractivity contribution in [1.82, 2.24) is 15.0 Å².